The molecule has 88 valence electrons. The van der Waals surface area contributed by atoms with Gasteiger partial charge in [0.05, 0.1) is 6.61 Å². The zero-order valence-electron chi connectivity index (χ0n) is 8.92. The average Bonchev–Trinajstić information content (AvgIpc) is 2.32. The summed E-state index contributed by atoms with van der Waals surface area (Å²) in [5.74, 6) is -1.41. The monoisotopic (exact) mass is 228 g/mol. The molecule has 0 N–H and O–H groups in total. The molecule has 1 aliphatic rings. The molecular formula is C12H14F2O2. The van der Waals surface area contributed by atoms with Crippen LogP contribution < -0.4 is 4.74 Å². The molecule has 0 aliphatic carbocycles. The van der Waals surface area contributed by atoms with Gasteiger partial charge in [0.1, 0.15) is 0 Å². The highest BCUT2D eigenvalue weighted by atomic mass is 19.2. The molecule has 1 aromatic carbocycles. The number of benzene rings is 1. The largest absolute Gasteiger partial charge is 0.490 e. The van der Waals surface area contributed by atoms with E-state index in [9.17, 15) is 8.78 Å². The van der Waals surface area contributed by atoms with Crippen LogP contribution in [0.5, 0.6) is 5.75 Å². The third kappa shape index (κ3) is 2.70. The van der Waals surface area contributed by atoms with Crippen molar-refractivity contribution in [2.45, 2.75) is 12.8 Å². The summed E-state index contributed by atoms with van der Waals surface area (Å²) in [4.78, 5) is 0. The molecule has 0 atom stereocenters. The summed E-state index contributed by atoms with van der Waals surface area (Å²) in [7, 11) is 0. The van der Waals surface area contributed by atoms with Gasteiger partial charge in [-0.25, -0.2) is 4.39 Å². The van der Waals surface area contributed by atoms with Crippen LogP contribution in [0.15, 0.2) is 18.2 Å². The molecule has 1 fully saturated rings. The third-order valence-electron chi connectivity index (χ3n) is 2.73. The van der Waals surface area contributed by atoms with Crippen molar-refractivity contribution >= 4 is 0 Å². The van der Waals surface area contributed by atoms with Crippen LogP contribution in [0, 0.1) is 17.6 Å². The highest BCUT2D eigenvalue weighted by Crippen LogP contribution is 2.22. The van der Waals surface area contributed by atoms with Crippen molar-refractivity contribution in [1.29, 1.82) is 0 Å². The molecule has 16 heavy (non-hydrogen) atoms. The van der Waals surface area contributed by atoms with Gasteiger partial charge in [0.25, 0.3) is 0 Å². The smallest absolute Gasteiger partial charge is 0.200 e. The van der Waals surface area contributed by atoms with Crippen molar-refractivity contribution in [1.82, 2.24) is 0 Å². The van der Waals surface area contributed by atoms with Crippen LogP contribution in [-0.4, -0.2) is 19.8 Å². The van der Waals surface area contributed by atoms with Gasteiger partial charge < -0.3 is 9.47 Å². The molecule has 1 aromatic rings. The van der Waals surface area contributed by atoms with E-state index in [1.54, 1.807) is 0 Å². The highest BCUT2D eigenvalue weighted by molar-refractivity contribution is 5.24. The maximum absolute atomic E-state index is 13.2. The Morgan fingerprint density at radius 1 is 1.25 bits per heavy atom. The molecule has 2 rings (SSSR count). The van der Waals surface area contributed by atoms with E-state index >= 15 is 0 Å². The lowest BCUT2D eigenvalue weighted by molar-refractivity contribution is 0.0490. The van der Waals surface area contributed by atoms with Gasteiger partial charge in [0, 0.05) is 13.2 Å². The molecule has 0 bridgehead atoms. The minimum atomic E-state index is -0.908. The molecule has 2 nitrogen and oxygen atoms in total. The lowest BCUT2D eigenvalue weighted by atomic mass is 10.0. The van der Waals surface area contributed by atoms with Crippen molar-refractivity contribution in [3.8, 4) is 5.75 Å². The normalized spacial score (nSPS) is 17.4. The number of hydrogen-bond acceptors (Lipinski definition) is 2. The zero-order chi connectivity index (χ0) is 11.4. The molecule has 0 saturated carbocycles. The fourth-order valence-corrected chi connectivity index (χ4v) is 1.72. The molecule has 0 amide bonds. The first-order valence-corrected chi connectivity index (χ1v) is 5.42. The van der Waals surface area contributed by atoms with Crippen LogP contribution in [0.1, 0.15) is 12.8 Å². The second kappa shape index (κ2) is 5.25. The fraction of sp³-hybridized carbons (Fsp3) is 0.500. The summed E-state index contributed by atoms with van der Waals surface area (Å²) in [6.07, 6.45) is 1.83. The number of rotatable bonds is 3. The lowest BCUT2D eigenvalue weighted by Gasteiger charge is -2.22. The Hall–Kier alpha value is -1.16. The Kier molecular flexibility index (Phi) is 3.72. The van der Waals surface area contributed by atoms with E-state index in [1.165, 1.54) is 12.1 Å². The SMILES string of the molecule is Fc1cccc(OCC2CCOCC2)c1F. The van der Waals surface area contributed by atoms with Gasteiger partial charge in [0.2, 0.25) is 5.82 Å². The maximum atomic E-state index is 13.2. The van der Waals surface area contributed by atoms with E-state index in [1.807, 2.05) is 0 Å². The predicted octanol–water partition coefficient (Wildman–Crippen LogP) is 2.77. The van der Waals surface area contributed by atoms with Crippen molar-refractivity contribution in [2.24, 2.45) is 5.92 Å². The van der Waals surface area contributed by atoms with Gasteiger partial charge in [0.15, 0.2) is 11.6 Å². The summed E-state index contributed by atoms with van der Waals surface area (Å²) in [6.45, 7) is 1.86. The van der Waals surface area contributed by atoms with Gasteiger partial charge in [-0.05, 0) is 30.9 Å². The van der Waals surface area contributed by atoms with E-state index in [2.05, 4.69) is 0 Å². The van der Waals surface area contributed by atoms with Crippen molar-refractivity contribution in [3.05, 3.63) is 29.8 Å². The molecule has 0 aromatic heterocycles. The lowest BCUT2D eigenvalue weighted by Crippen LogP contribution is -2.21. The molecule has 0 unspecified atom stereocenters. The Bertz CT molecular complexity index is 349. The molecule has 1 aliphatic heterocycles. The minimum absolute atomic E-state index is 0.00788. The third-order valence-corrected chi connectivity index (χ3v) is 2.73. The molecule has 0 spiro atoms. The topological polar surface area (TPSA) is 18.5 Å². The molecule has 4 heteroatoms. The van der Waals surface area contributed by atoms with E-state index in [0.29, 0.717) is 12.5 Å². The summed E-state index contributed by atoms with van der Waals surface area (Å²) in [6, 6.07) is 3.96. The average molecular weight is 228 g/mol. The Labute approximate surface area is 93.2 Å². The van der Waals surface area contributed by atoms with Crippen LogP contribution in [0.4, 0.5) is 8.78 Å². The van der Waals surface area contributed by atoms with Crippen LogP contribution in [0.25, 0.3) is 0 Å². The first-order valence-electron chi connectivity index (χ1n) is 5.42. The van der Waals surface area contributed by atoms with Crippen molar-refractivity contribution in [3.63, 3.8) is 0 Å². The van der Waals surface area contributed by atoms with Gasteiger partial charge in [-0.15, -0.1) is 0 Å². The summed E-state index contributed by atoms with van der Waals surface area (Å²) in [5.41, 5.74) is 0. The summed E-state index contributed by atoms with van der Waals surface area (Å²) < 4.78 is 36.6. The molecule has 1 saturated heterocycles. The first-order chi connectivity index (χ1) is 7.77. The molecular weight excluding hydrogens is 214 g/mol. The highest BCUT2D eigenvalue weighted by Gasteiger charge is 2.16. The Balaban J connectivity index is 1.91. The standard InChI is InChI=1S/C12H14F2O2/c13-10-2-1-3-11(12(10)14)16-8-9-4-6-15-7-5-9/h1-3,9H,4-8H2. The first kappa shape index (κ1) is 11.3. The van der Waals surface area contributed by atoms with Gasteiger partial charge in [-0.2, -0.15) is 4.39 Å². The minimum Gasteiger partial charge on any atom is -0.490 e. The molecule has 1 heterocycles. The Morgan fingerprint density at radius 2 is 2.00 bits per heavy atom. The second-order valence-corrected chi connectivity index (χ2v) is 3.92. The van der Waals surface area contributed by atoms with Crippen molar-refractivity contribution < 1.29 is 18.3 Å². The van der Waals surface area contributed by atoms with E-state index in [-0.39, 0.29) is 5.75 Å². The van der Waals surface area contributed by atoms with Gasteiger partial charge in [-0.3, -0.25) is 0 Å². The van der Waals surface area contributed by atoms with Crippen LogP contribution >= 0.6 is 0 Å². The van der Waals surface area contributed by atoms with Crippen molar-refractivity contribution in [2.75, 3.05) is 19.8 Å². The summed E-state index contributed by atoms with van der Waals surface area (Å²) in [5, 5.41) is 0. The van der Waals surface area contributed by atoms with Crippen LogP contribution in [0.3, 0.4) is 0 Å². The van der Waals surface area contributed by atoms with E-state index in [0.717, 1.165) is 32.1 Å². The maximum Gasteiger partial charge on any atom is 0.200 e. The number of ether oxygens (including phenoxy) is 2. The van der Waals surface area contributed by atoms with E-state index < -0.39 is 11.6 Å². The zero-order valence-corrected chi connectivity index (χ0v) is 8.92. The Morgan fingerprint density at radius 3 is 2.75 bits per heavy atom. The van der Waals surface area contributed by atoms with Crippen LogP contribution in [0.2, 0.25) is 0 Å². The van der Waals surface area contributed by atoms with Crippen LogP contribution in [-0.2, 0) is 4.74 Å². The van der Waals surface area contributed by atoms with Gasteiger partial charge >= 0.3 is 0 Å². The number of halogens is 2. The quantitative estimate of drug-likeness (QED) is 0.792. The fourth-order valence-electron chi connectivity index (χ4n) is 1.72. The predicted molar refractivity (Wildman–Crippen MR) is 55.4 cm³/mol. The molecule has 0 radical (unpaired) electrons. The van der Waals surface area contributed by atoms with E-state index in [4.69, 9.17) is 9.47 Å². The number of hydrogen-bond donors (Lipinski definition) is 0. The van der Waals surface area contributed by atoms with Gasteiger partial charge in [-0.1, -0.05) is 6.07 Å². The summed E-state index contributed by atoms with van der Waals surface area (Å²) >= 11 is 0. The second-order valence-electron chi connectivity index (χ2n) is 3.92.